The Kier molecular flexibility index (Phi) is 6.58. The van der Waals surface area contributed by atoms with E-state index in [1.54, 1.807) is 0 Å². The maximum Gasteiger partial charge on any atom is 0.0106 e. The maximum absolute atomic E-state index is 3.46. The number of nitrogens with one attached hydrogen (secondary N) is 1. The van der Waals surface area contributed by atoms with Crippen LogP contribution in [0, 0.1) is 13.8 Å². The van der Waals surface area contributed by atoms with Gasteiger partial charge in [0.25, 0.3) is 0 Å². The summed E-state index contributed by atoms with van der Waals surface area (Å²) >= 11 is 1.94. The zero-order chi connectivity index (χ0) is 11.8. The first kappa shape index (κ1) is 13.6. The van der Waals surface area contributed by atoms with Crippen molar-refractivity contribution in [2.75, 3.05) is 18.8 Å². The number of benzene rings is 1. The van der Waals surface area contributed by atoms with Crippen LogP contribution >= 0.6 is 11.8 Å². The molecule has 90 valence electrons. The standard InChI is InChI=1S/C14H23NS/c1-4-5-8-15-9-10-16-14-7-6-12(2)13(3)11-14/h6-7,11,15H,4-5,8-10H2,1-3H3. The van der Waals surface area contributed by atoms with Gasteiger partial charge in [-0.05, 0) is 50.1 Å². The molecule has 0 unspecified atom stereocenters. The fourth-order valence-corrected chi connectivity index (χ4v) is 2.38. The van der Waals surface area contributed by atoms with E-state index in [2.05, 4.69) is 44.3 Å². The lowest BCUT2D eigenvalue weighted by Gasteiger charge is -2.06. The molecule has 1 aromatic rings. The third kappa shape index (κ3) is 5.04. The summed E-state index contributed by atoms with van der Waals surface area (Å²) in [5, 5.41) is 3.46. The van der Waals surface area contributed by atoms with Crippen molar-refractivity contribution < 1.29 is 0 Å². The van der Waals surface area contributed by atoms with Crippen LogP contribution in [0.3, 0.4) is 0 Å². The zero-order valence-electron chi connectivity index (χ0n) is 10.7. The Balaban J connectivity index is 2.19. The van der Waals surface area contributed by atoms with Gasteiger partial charge in [0.05, 0.1) is 0 Å². The van der Waals surface area contributed by atoms with E-state index in [1.165, 1.54) is 28.9 Å². The van der Waals surface area contributed by atoms with Gasteiger partial charge in [-0.2, -0.15) is 0 Å². The SMILES string of the molecule is CCCCNCCSc1ccc(C)c(C)c1. The Hall–Kier alpha value is -0.470. The number of thioether (sulfide) groups is 1. The summed E-state index contributed by atoms with van der Waals surface area (Å²) in [5.74, 6) is 1.16. The van der Waals surface area contributed by atoms with Crippen LogP contribution in [0.25, 0.3) is 0 Å². The molecule has 0 spiro atoms. The van der Waals surface area contributed by atoms with Crippen LogP contribution in [0.5, 0.6) is 0 Å². The van der Waals surface area contributed by atoms with Gasteiger partial charge in [0.2, 0.25) is 0 Å². The Morgan fingerprint density at radius 1 is 1.12 bits per heavy atom. The molecule has 0 aliphatic rings. The minimum Gasteiger partial charge on any atom is -0.316 e. The van der Waals surface area contributed by atoms with Crippen LogP contribution in [0.1, 0.15) is 30.9 Å². The van der Waals surface area contributed by atoms with Crippen molar-refractivity contribution in [3.05, 3.63) is 29.3 Å². The number of rotatable bonds is 7. The summed E-state index contributed by atoms with van der Waals surface area (Å²) in [6.07, 6.45) is 2.56. The smallest absolute Gasteiger partial charge is 0.0106 e. The van der Waals surface area contributed by atoms with E-state index in [4.69, 9.17) is 0 Å². The van der Waals surface area contributed by atoms with E-state index in [9.17, 15) is 0 Å². The highest BCUT2D eigenvalue weighted by atomic mass is 32.2. The van der Waals surface area contributed by atoms with Gasteiger partial charge in [0.1, 0.15) is 0 Å². The highest BCUT2D eigenvalue weighted by molar-refractivity contribution is 7.99. The average Bonchev–Trinajstić information content (AvgIpc) is 2.28. The molecule has 0 aliphatic heterocycles. The highest BCUT2D eigenvalue weighted by Crippen LogP contribution is 2.20. The van der Waals surface area contributed by atoms with Gasteiger partial charge >= 0.3 is 0 Å². The van der Waals surface area contributed by atoms with E-state index in [0.717, 1.165) is 18.8 Å². The molecule has 0 saturated heterocycles. The first-order chi connectivity index (χ1) is 7.74. The third-order valence-corrected chi connectivity index (χ3v) is 3.73. The molecule has 0 radical (unpaired) electrons. The molecule has 0 bridgehead atoms. The van der Waals surface area contributed by atoms with E-state index in [0.29, 0.717) is 0 Å². The molecule has 0 aliphatic carbocycles. The number of unbranched alkanes of at least 4 members (excludes halogenated alkanes) is 1. The molecule has 0 amide bonds. The van der Waals surface area contributed by atoms with Crippen LogP contribution in [-0.2, 0) is 0 Å². The molecule has 16 heavy (non-hydrogen) atoms. The zero-order valence-corrected chi connectivity index (χ0v) is 11.5. The molecule has 0 aromatic heterocycles. The fourth-order valence-electron chi connectivity index (χ4n) is 1.47. The normalized spacial score (nSPS) is 10.7. The van der Waals surface area contributed by atoms with Crippen LogP contribution in [0.2, 0.25) is 0 Å². The largest absolute Gasteiger partial charge is 0.316 e. The van der Waals surface area contributed by atoms with Crippen LogP contribution in [0.4, 0.5) is 0 Å². The van der Waals surface area contributed by atoms with Crippen molar-refractivity contribution >= 4 is 11.8 Å². The predicted octanol–water partition coefficient (Wildman–Crippen LogP) is 3.79. The van der Waals surface area contributed by atoms with Gasteiger partial charge in [-0.25, -0.2) is 0 Å². The first-order valence-electron chi connectivity index (χ1n) is 6.15. The lowest BCUT2D eigenvalue weighted by Crippen LogP contribution is -2.18. The molecule has 1 nitrogen and oxygen atoms in total. The quantitative estimate of drug-likeness (QED) is 0.572. The predicted molar refractivity (Wildman–Crippen MR) is 74.4 cm³/mol. The Morgan fingerprint density at radius 3 is 2.62 bits per heavy atom. The van der Waals surface area contributed by atoms with Crippen molar-refractivity contribution in [2.24, 2.45) is 0 Å². The maximum atomic E-state index is 3.46. The van der Waals surface area contributed by atoms with E-state index in [-0.39, 0.29) is 0 Å². The van der Waals surface area contributed by atoms with Gasteiger partial charge in [-0.3, -0.25) is 0 Å². The monoisotopic (exact) mass is 237 g/mol. The number of hydrogen-bond acceptors (Lipinski definition) is 2. The minimum absolute atomic E-state index is 1.11. The third-order valence-electron chi connectivity index (χ3n) is 2.73. The molecule has 0 heterocycles. The van der Waals surface area contributed by atoms with Crippen LogP contribution < -0.4 is 5.32 Å². The topological polar surface area (TPSA) is 12.0 Å². The van der Waals surface area contributed by atoms with Crippen molar-refractivity contribution in [1.29, 1.82) is 0 Å². The van der Waals surface area contributed by atoms with Gasteiger partial charge < -0.3 is 5.32 Å². The molecular weight excluding hydrogens is 214 g/mol. The van der Waals surface area contributed by atoms with Gasteiger partial charge in [0, 0.05) is 17.2 Å². The van der Waals surface area contributed by atoms with Crippen molar-refractivity contribution in [3.63, 3.8) is 0 Å². The molecule has 0 fully saturated rings. The van der Waals surface area contributed by atoms with Gasteiger partial charge in [-0.1, -0.05) is 19.4 Å². The van der Waals surface area contributed by atoms with Crippen molar-refractivity contribution in [1.82, 2.24) is 5.32 Å². The van der Waals surface area contributed by atoms with Crippen molar-refractivity contribution in [2.45, 2.75) is 38.5 Å². The molecular formula is C14H23NS. The molecule has 0 atom stereocenters. The van der Waals surface area contributed by atoms with Crippen molar-refractivity contribution in [3.8, 4) is 0 Å². The van der Waals surface area contributed by atoms with Gasteiger partial charge in [0.15, 0.2) is 0 Å². The summed E-state index contributed by atoms with van der Waals surface area (Å²) in [6.45, 7) is 8.84. The van der Waals surface area contributed by atoms with E-state index < -0.39 is 0 Å². The summed E-state index contributed by atoms with van der Waals surface area (Å²) in [6, 6.07) is 6.72. The second-order valence-electron chi connectivity index (χ2n) is 4.20. The summed E-state index contributed by atoms with van der Waals surface area (Å²) < 4.78 is 0. The second kappa shape index (κ2) is 7.75. The van der Waals surface area contributed by atoms with E-state index >= 15 is 0 Å². The van der Waals surface area contributed by atoms with E-state index in [1.807, 2.05) is 11.8 Å². The second-order valence-corrected chi connectivity index (χ2v) is 5.37. The number of hydrogen-bond donors (Lipinski definition) is 1. The highest BCUT2D eigenvalue weighted by Gasteiger charge is 1.96. The van der Waals surface area contributed by atoms with Crippen LogP contribution in [-0.4, -0.2) is 18.8 Å². The molecule has 2 heteroatoms. The Bertz CT molecular complexity index is 310. The first-order valence-corrected chi connectivity index (χ1v) is 7.13. The summed E-state index contributed by atoms with van der Waals surface area (Å²) in [4.78, 5) is 1.39. The Labute approximate surface area is 104 Å². The molecule has 0 saturated carbocycles. The fraction of sp³-hybridized carbons (Fsp3) is 0.571. The van der Waals surface area contributed by atoms with Gasteiger partial charge in [-0.15, -0.1) is 11.8 Å². The average molecular weight is 237 g/mol. The van der Waals surface area contributed by atoms with Crippen LogP contribution in [0.15, 0.2) is 23.1 Å². The lowest BCUT2D eigenvalue weighted by atomic mass is 10.1. The molecule has 1 rings (SSSR count). The summed E-state index contributed by atoms with van der Waals surface area (Å²) in [7, 11) is 0. The lowest BCUT2D eigenvalue weighted by molar-refractivity contribution is 0.666. The summed E-state index contributed by atoms with van der Waals surface area (Å²) in [5.41, 5.74) is 2.77. The number of aryl methyl sites for hydroxylation is 2. The molecule has 1 N–H and O–H groups in total. The minimum atomic E-state index is 1.11. The molecule has 1 aromatic carbocycles. The Morgan fingerprint density at radius 2 is 1.94 bits per heavy atom.